The maximum Gasteiger partial charge on any atom is 0.249 e. The minimum Gasteiger partial charge on any atom is -0.493 e. The Morgan fingerprint density at radius 2 is 1.89 bits per heavy atom. The second-order valence-corrected chi connectivity index (χ2v) is 10.1. The van der Waals surface area contributed by atoms with Gasteiger partial charge in [0.25, 0.3) is 0 Å². The lowest BCUT2D eigenvalue weighted by atomic mass is 9.76. The van der Waals surface area contributed by atoms with E-state index in [4.69, 9.17) is 14.2 Å². The molecule has 210 valence electrons. The van der Waals surface area contributed by atoms with E-state index < -0.39 is 30.1 Å². The van der Waals surface area contributed by atoms with Crippen LogP contribution in [0.25, 0.3) is 0 Å². The van der Waals surface area contributed by atoms with Crippen LogP contribution in [0.4, 0.5) is 0 Å². The summed E-state index contributed by atoms with van der Waals surface area (Å²) in [6.45, 7) is 1.70. The Morgan fingerprint density at radius 1 is 1.16 bits per heavy atom. The van der Waals surface area contributed by atoms with Gasteiger partial charge in [0.1, 0.15) is 18.8 Å². The zero-order valence-corrected chi connectivity index (χ0v) is 22.2. The number of benzene rings is 1. The van der Waals surface area contributed by atoms with Gasteiger partial charge in [0, 0.05) is 30.3 Å². The van der Waals surface area contributed by atoms with E-state index >= 15 is 0 Å². The van der Waals surface area contributed by atoms with E-state index in [2.05, 4.69) is 5.32 Å². The summed E-state index contributed by atoms with van der Waals surface area (Å²) < 4.78 is 17.3. The van der Waals surface area contributed by atoms with Crippen LogP contribution in [0.3, 0.4) is 0 Å². The summed E-state index contributed by atoms with van der Waals surface area (Å²) in [5.74, 6) is -0.486. The number of aliphatic hydroxyl groups excluding tert-OH is 3. The highest BCUT2D eigenvalue weighted by Gasteiger charge is 2.52. The molecule has 0 aromatic heterocycles. The fourth-order valence-corrected chi connectivity index (χ4v) is 6.00. The summed E-state index contributed by atoms with van der Waals surface area (Å²) in [6.07, 6.45) is 5.47. The molecule has 10 nitrogen and oxygen atoms in total. The zero-order valence-electron chi connectivity index (χ0n) is 22.2. The number of rotatable bonds is 10. The van der Waals surface area contributed by atoms with E-state index in [1.165, 1.54) is 7.11 Å². The number of carbonyl (C=O) groups excluding carboxylic acids is 2. The van der Waals surface area contributed by atoms with Gasteiger partial charge in [0.15, 0.2) is 11.5 Å². The van der Waals surface area contributed by atoms with Crippen molar-refractivity contribution in [1.82, 2.24) is 10.2 Å². The Labute approximate surface area is 223 Å². The number of hydrogen-bond donors (Lipinski definition) is 4. The molecule has 1 aromatic carbocycles. The number of ether oxygens (including phenoxy) is 3. The quantitative estimate of drug-likeness (QED) is 0.332. The average Bonchev–Trinajstić information content (AvgIpc) is 3.11. The van der Waals surface area contributed by atoms with E-state index in [0.29, 0.717) is 34.8 Å². The molecule has 3 aliphatic rings. The number of hydrogen-bond acceptors (Lipinski definition) is 8. The molecule has 0 saturated heterocycles. The number of nitrogens with one attached hydrogen (secondary N) is 1. The van der Waals surface area contributed by atoms with Gasteiger partial charge >= 0.3 is 0 Å². The molecule has 4 rings (SSSR count). The molecular weight excluding hydrogens is 492 g/mol. The molecule has 10 heteroatoms. The van der Waals surface area contributed by atoms with Crippen molar-refractivity contribution in [3.8, 4) is 11.5 Å². The van der Waals surface area contributed by atoms with E-state index in [1.54, 1.807) is 23.1 Å². The van der Waals surface area contributed by atoms with Crippen molar-refractivity contribution in [1.29, 1.82) is 0 Å². The lowest BCUT2D eigenvalue weighted by Crippen LogP contribution is -2.59. The summed E-state index contributed by atoms with van der Waals surface area (Å²) in [7, 11) is 1.49. The molecule has 1 fully saturated rings. The van der Waals surface area contributed by atoms with Gasteiger partial charge in [0.05, 0.1) is 32.3 Å². The molecule has 4 atom stereocenters. The predicted octanol–water partition coefficient (Wildman–Crippen LogP) is 1.40. The number of carbonyl (C=O) groups is 2. The molecule has 0 spiro atoms. The smallest absolute Gasteiger partial charge is 0.249 e. The molecule has 0 unspecified atom stereocenters. The number of amides is 2. The van der Waals surface area contributed by atoms with Crippen LogP contribution in [0.15, 0.2) is 23.8 Å². The second kappa shape index (κ2) is 12.9. The minimum atomic E-state index is -1.13. The summed E-state index contributed by atoms with van der Waals surface area (Å²) in [5, 5.41) is 33.6. The minimum absolute atomic E-state index is 0.0596. The van der Waals surface area contributed by atoms with E-state index in [-0.39, 0.29) is 38.3 Å². The van der Waals surface area contributed by atoms with Gasteiger partial charge in [0.2, 0.25) is 11.8 Å². The zero-order chi connectivity index (χ0) is 27.2. The lowest BCUT2D eigenvalue weighted by Gasteiger charge is -2.44. The first kappa shape index (κ1) is 28.4. The molecule has 2 amide bonds. The van der Waals surface area contributed by atoms with Gasteiger partial charge in [-0.05, 0) is 43.5 Å². The summed E-state index contributed by atoms with van der Waals surface area (Å²) in [5.41, 5.74) is 1.56. The molecule has 38 heavy (non-hydrogen) atoms. The van der Waals surface area contributed by atoms with Crippen LogP contribution in [0, 0.1) is 0 Å². The SMILES string of the molecule is CCOCC(=O)N(C1CCCCCC1)[C@@H]1C=C(C(=O)NCCO)[C@@H]2c3cc(CO)cc(OC)c3O[C@@H]2[C@H]1O. The predicted molar refractivity (Wildman–Crippen MR) is 139 cm³/mol. The molecule has 2 aliphatic carbocycles. The topological polar surface area (TPSA) is 138 Å². The van der Waals surface area contributed by atoms with Crippen LogP contribution in [-0.2, 0) is 20.9 Å². The van der Waals surface area contributed by atoms with E-state index in [0.717, 1.165) is 38.5 Å². The summed E-state index contributed by atoms with van der Waals surface area (Å²) in [6, 6.07) is 2.52. The number of aliphatic hydroxyl groups is 3. The van der Waals surface area contributed by atoms with Gasteiger partial charge in [-0.1, -0.05) is 25.7 Å². The Morgan fingerprint density at radius 3 is 2.53 bits per heavy atom. The maximum absolute atomic E-state index is 13.5. The van der Waals surface area contributed by atoms with E-state index in [1.807, 2.05) is 6.92 Å². The van der Waals surface area contributed by atoms with Crippen LogP contribution in [-0.4, -0.2) is 89.8 Å². The average molecular weight is 533 g/mol. The van der Waals surface area contributed by atoms with Crippen LogP contribution in [0.5, 0.6) is 11.5 Å². The van der Waals surface area contributed by atoms with Crippen molar-refractivity contribution >= 4 is 11.8 Å². The summed E-state index contributed by atoms with van der Waals surface area (Å²) >= 11 is 0. The molecule has 1 aliphatic heterocycles. The van der Waals surface area contributed by atoms with Gasteiger partial charge in [-0.3, -0.25) is 9.59 Å². The third kappa shape index (κ3) is 5.68. The van der Waals surface area contributed by atoms with Gasteiger partial charge in [-0.25, -0.2) is 0 Å². The first-order chi connectivity index (χ1) is 18.4. The Balaban J connectivity index is 1.80. The first-order valence-electron chi connectivity index (χ1n) is 13.6. The molecular formula is C28H40N2O8. The second-order valence-electron chi connectivity index (χ2n) is 10.1. The van der Waals surface area contributed by atoms with Crippen LogP contribution in [0.2, 0.25) is 0 Å². The fraction of sp³-hybridized carbons (Fsp3) is 0.643. The first-order valence-corrected chi connectivity index (χ1v) is 13.6. The normalized spacial score (nSPS) is 24.9. The maximum atomic E-state index is 13.5. The van der Waals surface area contributed by atoms with Crippen molar-refractivity contribution in [2.24, 2.45) is 0 Å². The van der Waals surface area contributed by atoms with E-state index in [9.17, 15) is 24.9 Å². The standard InChI is InChI=1S/C28H40N2O8/c1-3-37-16-23(33)30(18-8-6-4-5-7-9-18)21-14-20(28(35)29-10-11-31)24-19-12-17(15-32)13-22(36-2)26(19)38-27(24)25(21)34/h12-14,18,21,24-25,27,31-32,34H,3-11,15-16H2,1-2H3,(H,29,35)/t21-,24+,25+,27+/m1/s1. The highest BCUT2D eigenvalue weighted by Crippen LogP contribution is 2.51. The molecule has 1 aromatic rings. The molecule has 4 N–H and O–H groups in total. The molecule has 0 radical (unpaired) electrons. The molecule has 1 saturated carbocycles. The van der Waals surface area contributed by atoms with Crippen molar-refractivity contribution in [2.45, 2.75) is 82.3 Å². The van der Waals surface area contributed by atoms with Crippen molar-refractivity contribution in [3.05, 3.63) is 34.9 Å². The monoisotopic (exact) mass is 532 g/mol. The Kier molecular flexibility index (Phi) is 9.64. The van der Waals surface area contributed by atoms with Crippen LogP contribution in [0.1, 0.15) is 62.5 Å². The number of nitrogens with zero attached hydrogens (tertiary/aromatic N) is 1. The third-order valence-electron chi connectivity index (χ3n) is 7.75. The summed E-state index contributed by atoms with van der Waals surface area (Å²) in [4.78, 5) is 28.7. The van der Waals surface area contributed by atoms with Crippen LogP contribution >= 0.6 is 0 Å². The van der Waals surface area contributed by atoms with Crippen molar-refractivity contribution in [3.63, 3.8) is 0 Å². The van der Waals surface area contributed by atoms with Crippen LogP contribution < -0.4 is 14.8 Å². The molecule has 1 heterocycles. The van der Waals surface area contributed by atoms with Gasteiger partial charge < -0.3 is 39.7 Å². The largest absolute Gasteiger partial charge is 0.493 e. The number of fused-ring (bicyclic) bond motifs is 3. The number of methoxy groups -OCH3 is 1. The van der Waals surface area contributed by atoms with Crippen molar-refractivity contribution in [2.75, 3.05) is 33.5 Å². The highest BCUT2D eigenvalue weighted by atomic mass is 16.5. The van der Waals surface area contributed by atoms with Gasteiger partial charge in [-0.2, -0.15) is 0 Å². The van der Waals surface area contributed by atoms with Crippen molar-refractivity contribution < 1.29 is 39.1 Å². The fourth-order valence-electron chi connectivity index (χ4n) is 6.00. The highest BCUT2D eigenvalue weighted by molar-refractivity contribution is 5.96. The van der Waals surface area contributed by atoms with Gasteiger partial charge in [-0.15, -0.1) is 0 Å². The third-order valence-corrected chi connectivity index (χ3v) is 7.75. The molecule has 0 bridgehead atoms. The Bertz CT molecular complexity index is 1020. The lowest BCUT2D eigenvalue weighted by molar-refractivity contribution is -0.145. The Hall–Kier alpha value is -2.66.